The fraction of sp³-hybridized carbons (Fsp3) is 0.571. The smallest absolute Gasteiger partial charge is 0.241 e. The van der Waals surface area contributed by atoms with Gasteiger partial charge >= 0.3 is 0 Å². The lowest BCUT2D eigenvalue weighted by molar-refractivity contribution is -0.119. The van der Waals surface area contributed by atoms with Crippen molar-refractivity contribution in [3.05, 3.63) is 24.0 Å². The first-order valence-electron chi connectivity index (χ1n) is 6.46. The first-order valence-corrected chi connectivity index (χ1v) is 6.46. The Morgan fingerprint density at radius 2 is 2.00 bits per heavy atom. The summed E-state index contributed by atoms with van der Waals surface area (Å²) < 4.78 is 0. The van der Waals surface area contributed by atoms with Gasteiger partial charge in [0.1, 0.15) is 0 Å². The molecule has 4 heteroatoms. The Kier molecular flexibility index (Phi) is 4.84. The second kappa shape index (κ2) is 5.96. The number of pyridine rings is 1. The molecule has 1 saturated heterocycles. The van der Waals surface area contributed by atoms with Gasteiger partial charge in [-0.15, -0.1) is 0 Å². The van der Waals surface area contributed by atoms with Gasteiger partial charge < -0.3 is 10.2 Å². The molecule has 1 aliphatic heterocycles. The van der Waals surface area contributed by atoms with Crippen molar-refractivity contribution in [1.29, 1.82) is 0 Å². The third-order valence-corrected chi connectivity index (χ3v) is 2.78. The highest BCUT2D eigenvalue weighted by molar-refractivity contribution is 5.95. The molecule has 0 saturated carbocycles. The van der Waals surface area contributed by atoms with Crippen molar-refractivity contribution in [2.45, 2.75) is 40.2 Å². The number of piperazine rings is 1. The molecule has 4 nitrogen and oxygen atoms in total. The number of amides is 1. The first-order chi connectivity index (χ1) is 8.48. The van der Waals surface area contributed by atoms with E-state index in [1.54, 1.807) is 11.1 Å². The molecule has 2 heterocycles. The largest absolute Gasteiger partial charge is 0.308 e. The number of hydrogen-bond acceptors (Lipinski definition) is 3. The van der Waals surface area contributed by atoms with Crippen LogP contribution in [0.4, 0.5) is 5.69 Å². The van der Waals surface area contributed by atoms with Crippen LogP contribution in [0, 0.1) is 6.92 Å². The van der Waals surface area contributed by atoms with Crippen molar-refractivity contribution >= 4 is 11.6 Å². The van der Waals surface area contributed by atoms with Gasteiger partial charge in [-0.25, -0.2) is 0 Å². The maximum Gasteiger partial charge on any atom is 0.241 e. The number of anilines is 1. The highest BCUT2D eigenvalue weighted by Gasteiger charge is 2.31. The fourth-order valence-corrected chi connectivity index (χ4v) is 1.80. The highest BCUT2D eigenvalue weighted by atomic mass is 16.2. The Bertz CT molecular complexity index is 398. The van der Waals surface area contributed by atoms with Gasteiger partial charge in [0.25, 0.3) is 0 Å². The van der Waals surface area contributed by atoms with Crippen molar-refractivity contribution in [2.24, 2.45) is 0 Å². The van der Waals surface area contributed by atoms with Crippen molar-refractivity contribution < 1.29 is 4.79 Å². The summed E-state index contributed by atoms with van der Waals surface area (Å²) in [5, 5.41) is 3.21. The van der Waals surface area contributed by atoms with Gasteiger partial charge in [-0.05, 0) is 32.9 Å². The molecule has 2 rings (SSSR count). The zero-order chi connectivity index (χ0) is 13.8. The van der Waals surface area contributed by atoms with E-state index in [-0.39, 0.29) is 11.4 Å². The number of carbonyl (C=O) groups excluding carboxylic acids is 1. The average Bonchev–Trinajstić information content (AvgIpc) is 2.36. The van der Waals surface area contributed by atoms with Crippen LogP contribution in [0.5, 0.6) is 0 Å². The summed E-state index contributed by atoms with van der Waals surface area (Å²) in [5.41, 5.74) is 1.80. The highest BCUT2D eigenvalue weighted by Crippen LogP contribution is 2.19. The van der Waals surface area contributed by atoms with Crippen LogP contribution >= 0.6 is 0 Å². The van der Waals surface area contributed by atoms with E-state index in [1.807, 2.05) is 32.9 Å². The van der Waals surface area contributed by atoms with Crippen LogP contribution in [0.15, 0.2) is 18.3 Å². The predicted octanol–water partition coefficient (Wildman–Crippen LogP) is 2.13. The Morgan fingerprint density at radius 3 is 2.56 bits per heavy atom. The number of rotatable bonds is 1. The molecule has 1 aromatic heterocycles. The number of aryl methyl sites for hydroxylation is 1. The molecule has 18 heavy (non-hydrogen) atoms. The van der Waals surface area contributed by atoms with Crippen LogP contribution < -0.4 is 10.2 Å². The summed E-state index contributed by atoms with van der Waals surface area (Å²) in [6.45, 7) is 11.2. The van der Waals surface area contributed by atoms with Crippen molar-refractivity contribution in [2.75, 3.05) is 18.0 Å². The lowest BCUT2D eigenvalue weighted by Gasteiger charge is -2.38. The van der Waals surface area contributed by atoms with E-state index in [9.17, 15) is 4.79 Å². The molecule has 1 fully saturated rings. The molecule has 0 radical (unpaired) electrons. The fourth-order valence-electron chi connectivity index (χ4n) is 1.80. The minimum absolute atomic E-state index is 0.0429. The van der Waals surface area contributed by atoms with Gasteiger partial charge in [-0.3, -0.25) is 9.78 Å². The Morgan fingerprint density at radius 1 is 1.33 bits per heavy atom. The molecule has 0 spiro atoms. The van der Waals surface area contributed by atoms with Gasteiger partial charge in [0.15, 0.2) is 0 Å². The van der Waals surface area contributed by atoms with E-state index in [0.717, 1.165) is 11.4 Å². The molecule has 1 amide bonds. The molecule has 1 aromatic rings. The van der Waals surface area contributed by atoms with E-state index in [1.165, 1.54) is 0 Å². The van der Waals surface area contributed by atoms with E-state index < -0.39 is 0 Å². The van der Waals surface area contributed by atoms with Crippen LogP contribution in [-0.2, 0) is 4.79 Å². The Labute approximate surface area is 109 Å². The Hall–Kier alpha value is -1.42. The monoisotopic (exact) mass is 249 g/mol. The molecule has 100 valence electrons. The van der Waals surface area contributed by atoms with Crippen LogP contribution in [-0.4, -0.2) is 29.5 Å². The number of hydrogen-bond donors (Lipinski definition) is 1. The number of aromatic nitrogens is 1. The number of nitrogens with zero attached hydrogens (tertiary/aromatic N) is 2. The molecule has 0 bridgehead atoms. The maximum absolute atomic E-state index is 11.8. The zero-order valence-electron chi connectivity index (χ0n) is 11.9. The van der Waals surface area contributed by atoms with Crippen LogP contribution in [0.2, 0.25) is 0 Å². The third-order valence-electron chi connectivity index (χ3n) is 2.78. The van der Waals surface area contributed by atoms with Crippen LogP contribution in [0.1, 0.15) is 33.4 Å². The van der Waals surface area contributed by atoms with Gasteiger partial charge in [-0.1, -0.05) is 13.8 Å². The van der Waals surface area contributed by atoms with E-state index in [4.69, 9.17) is 0 Å². The lowest BCUT2D eigenvalue weighted by atomic mass is 10.0. The minimum atomic E-state index is -0.0429. The predicted molar refractivity (Wildman–Crippen MR) is 74.8 cm³/mol. The van der Waals surface area contributed by atoms with Gasteiger partial charge in [-0.2, -0.15) is 0 Å². The van der Waals surface area contributed by atoms with Crippen molar-refractivity contribution in [3.8, 4) is 0 Å². The second-order valence-electron chi connectivity index (χ2n) is 4.88. The van der Waals surface area contributed by atoms with E-state index >= 15 is 0 Å². The van der Waals surface area contributed by atoms with Crippen LogP contribution in [0.25, 0.3) is 0 Å². The van der Waals surface area contributed by atoms with Crippen molar-refractivity contribution in [3.63, 3.8) is 0 Å². The van der Waals surface area contributed by atoms with Crippen molar-refractivity contribution in [1.82, 2.24) is 10.3 Å². The standard InChI is InChI=1S/C12H17N3O.C2H6/c1-9-4-5-10(6-13-9)15-8-12(2,3)14-7-11(15)16;1-2/h4-6,14H,7-8H2,1-3H3;1-2H3. The molecule has 0 unspecified atom stereocenters. The SMILES string of the molecule is CC.Cc1ccc(N2CC(C)(C)NCC2=O)cn1. The molecule has 1 aliphatic rings. The second-order valence-corrected chi connectivity index (χ2v) is 4.88. The third kappa shape index (κ3) is 3.53. The minimum Gasteiger partial charge on any atom is -0.308 e. The summed E-state index contributed by atoms with van der Waals surface area (Å²) in [6.07, 6.45) is 1.76. The Balaban J connectivity index is 0.000000771. The zero-order valence-corrected chi connectivity index (χ0v) is 11.9. The molecule has 0 aliphatic carbocycles. The molecule has 0 atom stereocenters. The van der Waals surface area contributed by atoms with E-state index in [2.05, 4.69) is 24.1 Å². The van der Waals surface area contributed by atoms with Crippen LogP contribution in [0.3, 0.4) is 0 Å². The molecular weight excluding hydrogens is 226 g/mol. The normalized spacial score (nSPS) is 18.1. The summed E-state index contributed by atoms with van der Waals surface area (Å²) >= 11 is 0. The average molecular weight is 249 g/mol. The number of carbonyl (C=O) groups is 1. The molecule has 0 aromatic carbocycles. The summed E-state index contributed by atoms with van der Waals surface area (Å²) in [6, 6.07) is 3.87. The van der Waals surface area contributed by atoms with E-state index in [0.29, 0.717) is 13.1 Å². The van der Waals surface area contributed by atoms with Gasteiger partial charge in [0.2, 0.25) is 5.91 Å². The topological polar surface area (TPSA) is 45.2 Å². The summed E-state index contributed by atoms with van der Waals surface area (Å²) in [4.78, 5) is 17.8. The quantitative estimate of drug-likeness (QED) is 0.829. The number of nitrogens with one attached hydrogen (secondary N) is 1. The maximum atomic E-state index is 11.8. The van der Waals surface area contributed by atoms with Gasteiger partial charge in [0, 0.05) is 17.8 Å². The molecule has 1 N–H and O–H groups in total. The summed E-state index contributed by atoms with van der Waals surface area (Å²) in [7, 11) is 0. The summed E-state index contributed by atoms with van der Waals surface area (Å²) in [5.74, 6) is 0.102. The molecular formula is C14H23N3O. The first kappa shape index (κ1) is 14.6. The lowest BCUT2D eigenvalue weighted by Crippen LogP contribution is -2.60. The van der Waals surface area contributed by atoms with Gasteiger partial charge in [0.05, 0.1) is 18.4 Å².